The van der Waals surface area contributed by atoms with E-state index in [1.54, 1.807) is 0 Å². The molecule has 0 saturated carbocycles. The zero-order valence-electron chi connectivity index (χ0n) is 8.57. The SMILES string of the molecule is CCCCn1cc[n+](SCCC)c1. The topological polar surface area (TPSA) is 8.81 Å². The Bertz CT molecular complexity index is 210. The van der Waals surface area contributed by atoms with Crippen LogP contribution in [0.2, 0.25) is 0 Å². The molecule has 13 heavy (non-hydrogen) atoms. The largest absolute Gasteiger partial charge is 0.255 e. The van der Waals surface area contributed by atoms with Gasteiger partial charge in [-0.2, -0.15) is 3.97 Å². The van der Waals surface area contributed by atoms with E-state index < -0.39 is 0 Å². The third-order valence-electron chi connectivity index (χ3n) is 1.88. The van der Waals surface area contributed by atoms with E-state index in [0.717, 1.165) is 6.54 Å². The summed E-state index contributed by atoms with van der Waals surface area (Å²) in [6, 6.07) is 0. The van der Waals surface area contributed by atoms with E-state index in [1.807, 2.05) is 11.9 Å². The van der Waals surface area contributed by atoms with Crippen LogP contribution in [0.3, 0.4) is 0 Å². The van der Waals surface area contributed by atoms with Crippen molar-refractivity contribution >= 4 is 11.9 Å². The average Bonchev–Trinajstić information content (AvgIpc) is 2.59. The lowest BCUT2D eigenvalue weighted by molar-refractivity contribution is -0.493. The molecule has 0 atom stereocenters. The molecule has 0 fully saturated rings. The summed E-state index contributed by atoms with van der Waals surface area (Å²) in [5.74, 6) is 1.20. The standard InChI is InChI=1S/C10H19N2S/c1-3-5-6-11-7-8-12(10-11)13-9-4-2/h7-8,10H,3-6,9H2,1-2H3/q+1. The summed E-state index contributed by atoms with van der Waals surface area (Å²) >= 11 is 1.87. The molecule has 0 aliphatic carbocycles. The van der Waals surface area contributed by atoms with Crippen molar-refractivity contribution in [2.75, 3.05) is 5.75 Å². The third-order valence-corrected chi connectivity index (χ3v) is 2.99. The summed E-state index contributed by atoms with van der Waals surface area (Å²) in [5.41, 5.74) is 0. The second-order valence-electron chi connectivity index (χ2n) is 3.20. The van der Waals surface area contributed by atoms with Crippen LogP contribution in [0.4, 0.5) is 0 Å². The molecule has 0 unspecified atom stereocenters. The molecule has 0 bridgehead atoms. The van der Waals surface area contributed by atoms with Crippen molar-refractivity contribution in [3.63, 3.8) is 0 Å². The van der Waals surface area contributed by atoms with Crippen LogP contribution in [0.25, 0.3) is 0 Å². The van der Waals surface area contributed by atoms with Crippen molar-refractivity contribution in [1.29, 1.82) is 0 Å². The van der Waals surface area contributed by atoms with Crippen molar-refractivity contribution < 1.29 is 3.97 Å². The van der Waals surface area contributed by atoms with Gasteiger partial charge in [0.15, 0.2) is 0 Å². The van der Waals surface area contributed by atoms with Gasteiger partial charge in [-0.25, -0.2) is 4.57 Å². The highest BCUT2D eigenvalue weighted by Gasteiger charge is 2.02. The van der Waals surface area contributed by atoms with Crippen molar-refractivity contribution in [3.05, 3.63) is 18.7 Å². The Labute approximate surface area is 85.1 Å². The van der Waals surface area contributed by atoms with E-state index in [4.69, 9.17) is 0 Å². The fourth-order valence-electron chi connectivity index (χ4n) is 1.12. The lowest BCUT2D eigenvalue weighted by Crippen LogP contribution is -2.22. The molecular weight excluding hydrogens is 180 g/mol. The highest BCUT2D eigenvalue weighted by molar-refractivity contribution is 7.92. The first kappa shape index (κ1) is 10.6. The molecule has 2 nitrogen and oxygen atoms in total. The van der Waals surface area contributed by atoms with Gasteiger partial charge in [0.05, 0.1) is 18.5 Å². The van der Waals surface area contributed by atoms with Crippen LogP contribution in [-0.4, -0.2) is 10.3 Å². The minimum absolute atomic E-state index is 1.15. The second kappa shape index (κ2) is 6.08. The first-order valence-corrected chi connectivity index (χ1v) is 6.01. The highest BCUT2D eigenvalue weighted by atomic mass is 32.2. The highest BCUT2D eigenvalue weighted by Crippen LogP contribution is 1.98. The van der Waals surface area contributed by atoms with Gasteiger partial charge in [0.25, 0.3) is 6.33 Å². The number of hydrogen-bond donors (Lipinski definition) is 0. The molecular formula is C10H19N2S+. The molecule has 0 amide bonds. The number of aromatic nitrogens is 2. The van der Waals surface area contributed by atoms with Crippen LogP contribution in [0.5, 0.6) is 0 Å². The molecule has 0 aliphatic heterocycles. The number of unbranched alkanes of at least 4 members (excludes halogenated alkanes) is 1. The van der Waals surface area contributed by atoms with Crippen molar-refractivity contribution in [2.24, 2.45) is 0 Å². The van der Waals surface area contributed by atoms with Gasteiger partial charge >= 0.3 is 0 Å². The summed E-state index contributed by atoms with van der Waals surface area (Å²) < 4.78 is 4.45. The van der Waals surface area contributed by atoms with Gasteiger partial charge in [0.2, 0.25) is 0 Å². The van der Waals surface area contributed by atoms with Gasteiger partial charge in [0.1, 0.15) is 12.4 Å². The average molecular weight is 199 g/mol. The maximum Gasteiger partial charge on any atom is 0.255 e. The molecule has 3 heteroatoms. The van der Waals surface area contributed by atoms with Crippen LogP contribution in [0.15, 0.2) is 18.7 Å². The minimum Gasteiger partial charge on any atom is -0.236 e. The van der Waals surface area contributed by atoms with Crippen LogP contribution in [-0.2, 0) is 6.54 Å². The summed E-state index contributed by atoms with van der Waals surface area (Å²) in [7, 11) is 0. The number of aryl methyl sites for hydroxylation is 1. The predicted octanol–water partition coefficient (Wildman–Crippen LogP) is 2.48. The van der Waals surface area contributed by atoms with Crippen molar-refractivity contribution in [2.45, 2.75) is 39.7 Å². The Morgan fingerprint density at radius 2 is 2.15 bits per heavy atom. The van der Waals surface area contributed by atoms with E-state index >= 15 is 0 Å². The molecule has 0 radical (unpaired) electrons. The fourth-order valence-corrected chi connectivity index (χ4v) is 1.84. The Hall–Kier alpha value is -0.440. The van der Waals surface area contributed by atoms with Gasteiger partial charge in [-0.05, 0) is 12.8 Å². The number of nitrogens with zero attached hydrogens (tertiary/aromatic N) is 2. The fraction of sp³-hybridized carbons (Fsp3) is 0.700. The molecule has 1 aromatic rings. The van der Waals surface area contributed by atoms with E-state index in [1.165, 1.54) is 25.0 Å². The first-order valence-electron chi connectivity index (χ1n) is 5.07. The number of rotatable bonds is 6. The Balaban J connectivity index is 2.34. The third kappa shape index (κ3) is 3.85. The Kier molecular flexibility index (Phi) is 4.98. The normalized spacial score (nSPS) is 10.6. The summed E-state index contributed by atoms with van der Waals surface area (Å²) in [4.78, 5) is 0. The zero-order chi connectivity index (χ0) is 9.52. The van der Waals surface area contributed by atoms with E-state index in [2.05, 4.69) is 41.1 Å². The van der Waals surface area contributed by atoms with Gasteiger partial charge in [-0.15, -0.1) is 0 Å². The minimum atomic E-state index is 1.15. The predicted molar refractivity (Wildman–Crippen MR) is 57.7 cm³/mol. The molecule has 0 aromatic carbocycles. The summed E-state index contributed by atoms with van der Waals surface area (Å²) in [6.45, 7) is 5.58. The van der Waals surface area contributed by atoms with Crippen molar-refractivity contribution in [1.82, 2.24) is 4.57 Å². The van der Waals surface area contributed by atoms with Crippen LogP contribution < -0.4 is 3.97 Å². The summed E-state index contributed by atoms with van der Waals surface area (Å²) in [5, 5.41) is 0. The quantitative estimate of drug-likeness (QED) is 0.639. The molecule has 1 aromatic heterocycles. The molecule has 1 rings (SSSR count). The molecule has 0 aliphatic rings. The number of imidazole rings is 1. The smallest absolute Gasteiger partial charge is 0.236 e. The van der Waals surface area contributed by atoms with Crippen molar-refractivity contribution in [3.8, 4) is 0 Å². The lowest BCUT2D eigenvalue weighted by atomic mass is 10.3. The Morgan fingerprint density at radius 1 is 1.31 bits per heavy atom. The van der Waals surface area contributed by atoms with Gasteiger partial charge in [-0.3, -0.25) is 0 Å². The van der Waals surface area contributed by atoms with Gasteiger partial charge < -0.3 is 0 Å². The maximum atomic E-state index is 2.26. The first-order chi connectivity index (χ1) is 6.36. The summed E-state index contributed by atoms with van der Waals surface area (Å²) in [6.07, 6.45) is 10.2. The van der Waals surface area contributed by atoms with E-state index in [9.17, 15) is 0 Å². The maximum absolute atomic E-state index is 2.26. The molecule has 0 spiro atoms. The molecule has 1 heterocycles. The molecule has 0 saturated heterocycles. The van der Waals surface area contributed by atoms with Crippen LogP contribution in [0.1, 0.15) is 33.1 Å². The molecule has 0 N–H and O–H groups in total. The van der Waals surface area contributed by atoms with E-state index in [-0.39, 0.29) is 0 Å². The van der Waals surface area contributed by atoms with Crippen LogP contribution in [0, 0.1) is 0 Å². The zero-order valence-corrected chi connectivity index (χ0v) is 9.39. The second-order valence-corrected chi connectivity index (χ2v) is 4.29. The van der Waals surface area contributed by atoms with Gasteiger partial charge in [0, 0.05) is 5.75 Å². The lowest BCUT2D eigenvalue weighted by Gasteiger charge is -1.92. The Morgan fingerprint density at radius 3 is 2.85 bits per heavy atom. The van der Waals surface area contributed by atoms with Gasteiger partial charge in [-0.1, -0.05) is 20.3 Å². The molecule has 74 valence electrons. The monoisotopic (exact) mass is 199 g/mol. The van der Waals surface area contributed by atoms with E-state index in [0.29, 0.717) is 0 Å². The number of hydrogen-bond acceptors (Lipinski definition) is 1. The van der Waals surface area contributed by atoms with Crippen LogP contribution >= 0.6 is 11.9 Å².